The van der Waals surface area contributed by atoms with E-state index < -0.39 is 0 Å². The Morgan fingerprint density at radius 3 is 2.55 bits per heavy atom. The molecule has 2 fully saturated rings. The van der Waals surface area contributed by atoms with Crippen LogP contribution in [0.2, 0.25) is 5.02 Å². The predicted molar refractivity (Wildman–Crippen MR) is 118 cm³/mol. The van der Waals surface area contributed by atoms with Crippen LogP contribution in [0.3, 0.4) is 0 Å². The normalized spacial score (nSPS) is 19.8. The molecule has 2 saturated heterocycles. The van der Waals surface area contributed by atoms with Crippen molar-refractivity contribution >= 4 is 34.6 Å². The van der Waals surface area contributed by atoms with Crippen molar-refractivity contribution in [1.82, 2.24) is 24.8 Å². The minimum absolute atomic E-state index is 0.0990. The highest BCUT2D eigenvalue weighted by Gasteiger charge is 2.36. The Labute approximate surface area is 185 Å². The van der Waals surface area contributed by atoms with Gasteiger partial charge in [-0.15, -0.1) is 0 Å². The zero-order chi connectivity index (χ0) is 21.4. The lowest BCUT2D eigenvalue weighted by Crippen LogP contribution is -2.42. The molecule has 0 spiro atoms. The van der Waals surface area contributed by atoms with E-state index in [9.17, 15) is 9.59 Å². The van der Waals surface area contributed by atoms with E-state index in [2.05, 4.69) is 15.0 Å². The predicted octanol–water partition coefficient (Wildman–Crippen LogP) is 3.48. The topological polar surface area (TPSA) is 82.2 Å². The molecule has 160 valence electrons. The van der Waals surface area contributed by atoms with Gasteiger partial charge >= 0.3 is 0 Å². The van der Waals surface area contributed by atoms with Gasteiger partial charge in [-0.25, -0.2) is 9.97 Å². The van der Waals surface area contributed by atoms with Crippen molar-refractivity contribution in [2.45, 2.75) is 25.2 Å². The number of amides is 2. The second-order valence-corrected chi connectivity index (χ2v) is 8.72. The molecular weight excluding hydrogens is 414 g/mol. The van der Waals surface area contributed by atoms with Gasteiger partial charge in [0.2, 0.25) is 5.91 Å². The molecule has 4 heterocycles. The number of fused-ring (bicyclic) bond motifs is 1. The number of benzene rings is 1. The third kappa shape index (κ3) is 3.90. The molecule has 1 N–H and O–H groups in total. The standard InChI is InChI=1S/C23H24ClN5O2/c24-18-5-2-1-4-17(18)23(31)29-13-9-16(14-29)22(30)28-11-7-15(8-12-28)20-26-19-6-3-10-25-21(19)27-20/h1-6,10,15-16H,7-9,11-14H2,(H,25,26,27). The van der Waals surface area contributed by atoms with Crippen molar-refractivity contribution < 1.29 is 9.59 Å². The van der Waals surface area contributed by atoms with Gasteiger partial charge in [0.1, 0.15) is 5.82 Å². The highest BCUT2D eigenvalue weighted by molar-refractivity contribution is 6.33. The van der Waals surface area contributed by atoms with E-state index in [0.29, 0.717) is 49.1 Å². The second-order valence-electron chi connectivity index (χ2n) is 8.31. The van der Waals surface area contributed by atoms with Gasteiger partial charge in [0.15, 0.2) is 5.65 Å². The SMILES string of the molecule is O=C(c1ccccc1Cl)N1CCC(C(=O)N2CCC(c3nc4ncccc4[nH]3)CC2)C1. The number of piperidine rings is 1. The summed E-state index contributed by atoms with van der Waals surface area (Å²) in [5.74, 6) is 1.17. The zero-order valence-electron chi connectivity index (χ0n) is 17.1. The molecule has 1 aromatic carbocycles. The van der Waals surface area contributed by atoms with Crippen molar-refractivity contribution in [2.75, 3.05) is 26.2 Å². The molecule has 1 atom stereocenters. The van der Waals surface area contributed by atoms with E-state index in [4.69, 9.17) is 11.6 Å². The van der Waals surface area contributed by atoms with Crippen LogP contribution in [-0.4, -0.2) is 62.7 Å². The number of hydrogen-bond donors (Lipinski definition) is 1. The Morgan fingerprint density at radius 1 is 1.00 bits per heavy atom. The van der Waals surface area contributed by atoms with Crippen molar-refractivity contribution in [3.05, 3.63) is 59.0 Å². The smallest absolute Gasteiger partial charge is 0.255 e. The number of hydrogen-bond acceptors (Lipinski definition) is 4. The average molecular weight is 438 g/mol. The van der Waals surface area contributed by atoms with Gasteiger partial charge in [0.25, 0.3) is 5.91 Å². The van der Waals surface area contributed by atoms with Gasteiger partial charge in [0.05, 0.1) is 22.0 Å². The fourth-order valence-corrected chi connectivity index (χ4v) is 4.86. The molecular formula is C23H24ClN5O2. The molecule has 2 aliphatic heterocycles. The number of aromatic nitrogens is 3. The van der Waals surface area contributed by atoms with Crippen LogP contribution in [-0.2, 0) is 4.79 Å². The summed E-state index contributed by atoms with van der Waals surface area (Å²) in [6.07, 6.45) is 4.20. The van der Waals surface area contributed by atoms with Gasteiger partial charge in [-0.05, 0) is 43.5 Å². The number of likely N-dealkylation sites (tertiary alicyclic amines) is 2. The minimum Gasteiger partial charge on any atom is -0.342 e. The summed E-state index contributed by atoms with van der Waals surface area (Å²) >= 11 is 6.17. The van der Waals surface area contributed by atoms with Crippen molar-refractivity contribution in [1.29, 1.82) is 0 Å². The van der Waals surface area contributed by atoms with Gasteiger partial charge < -0.3 is 14.8 Å². The number of halogens is 1. The van der Waals surface area contributed by atoms with E-state index >= 15 is 0 Å². The van der Waals surface area contributed by atoms with Gasteiger partial charge in [-0.1, -0.05) is 23.7 Å². The van der Waals surface area contributed by atoms with E-state index in [1.165, 1.54) is 0 Å². The molecule has 2 amide bonds. The quantitative estimate of drug-likeness (QED) is 0.680. The third-order valence-corrected chi connectivity index (χ3v) is 6.73. The third-order valence-electron chi connectivity index (χ3n) is 6.40. The lowest BCUT2D eigenvalue weighted by Gasteiger charge is -2.32. The van der Waals surface area contributed by atoms with E-state index in [0.717, 1.165) is 29.8 Å². The summed E-state index contributed by atoms with van der Waals surface area (Å²) in [5.41, 5.74) is 2.19. The zero-order valence-corrected chi connectivity index (χ0v) is 17.9. The maximum atomic E-state index is 13.1. The average Bonchev–Trinajstić information content (AvgIpc) is 3.46. The summed E-state index contributed by atoms with van der Waals surface area (Å²) in [6, 6.07) is 10.9. The number of carbonyl (C=O) groups is 2. The summed E-state index contributed by atoms with van der Waals surface area (Å²) in [5, 5.41) is 0.449. The van der Waals surface area contributed by atoms with Gasteiger partial charge in [0, 0.05) is 38.3 Å². The number of rotatable bonds is 3. The number of nitrogens with one attached hydrogen (secondary N) is 1. The molecule has 1 unspecified atom stereocenters. The Kier molecular flexibility index (Phi) is 5.36. The molecule has 8 heteroatoms. The Hall–Kier alpha value is -2.93. The minimum atomic E-state index is -0.140. The first-order valence-electron chi connectivity index (χ1n) is 10.7. The maximum Gasteiger partial charge on any atom is 0.255 e. The van der Waals surface area contributed by atoms with Crippen molar-refractivity contribution in [2.24, 2.45) is 5.92 Å². The maximum absolute atomic E-state index is 13.1. The van der Waals surface area contributed by atoms with Crippen LogP contribution >= 0.6 is 11.6 Å². The van der Waals surface area contributed by atoms with Gasteiger partial charge in [-0.2, -0.15) is 0 Å². The number of H-pyrrole nitrogens is 1. The molecule has 0 bridgehead atoms. The highest BCUT2D eigenvalue weighted by atomic mass is 35.5. The lowest BCUT2D eigenvalue weighted by molar-refractivity contribution is -0.136. The van der Waals surface area contributed by atoms with Crippen LogP contribution in [0.5, 0.6) is 0 Å². The van der Waals surface area contributed by atoms with Crippen LogP contribution in [0.15, 0.2) is 42.6 Å². The Bertz CT molecular complexity index is 1090. The first kappa shape index (κ1) is 20.0. The lowest BCUT2D eigenvalue weighted by atomic mass is 9.95. The number of imidazole rings is 1. The second kappa shape index (κ2) is 8.30. The summed E-state index contributed by atoms with van der Waals surface area (Å²) in [6.45, 7) is 2.47. The number of pyridine rings is 1. The summed E-state index contributed by atoms with van der Waals surface area (Å²) < 4.78 is 0. The van der Waals surface area contributed by atoms with Crippen LogP contribution in [0.25, 0.3) is 11.2 Å². The molecule has 5 rings (SSSR count). The van der Waals surface area contributed by atoms with Crippen LogP contribution in [0.4, 0.5) is 0 Å². The largest absolute Gasteiger partial charge is 0.342 e. The van der Waals surface area contributed by atoms with Crippen LogP contribution in [0, 0.1) is 5.92 Å². The highest BCUT2D eigenvalue weighted by Crippen LogP contribution is 2.30. The molecule has 0 radical (unpaired) electrons. The molecule has 7 nitrogen and oxygen atoms in total. The molecule has 2 aromatic heterocycles. The Balaban J connectivity index is 1.18. The first-order valence-corrected chi connectivity index (χ1v) is 11.1. The van der Waals surface area contributed by atoms with E-state index in [1.807, 2.05) is 17.0 Å². The molecule has 2 aliphatic rings. The monoisotopic (exact) mass is 437 g/mol. The Morgan fingerprint density at radius 2 is 1.77 bits per heavy atom. The fourth-order valence-electron chi connectivity index (χ4n) is 4.64. The number of carbonyl (C=O) groups excluding carboxylic acids is 2. The summed E-state index contributed by atoms with van der Waals surface area (Å²) in [7, 11) is 0. The van der Waals surface area contributed by atoms with Crippen molar-refractivity contribution in [3.8, 4) is 0 Å². The van der Waals surface area contributed by atoms with E-state index in [1.54, 1.807) is 35.4 Å². The molecule has 31 heavy (non-hydrogen) atoms. The van der Waals surface area contributed by atoms with Gasteiger partial charge in [-0.3, -0.25) is 9.59 Å². The molecule has 0 aliphatic carbocycles. The molecule has 3 aromatic rings. The van der Waals surface area contributed by atoms with Crippen LogP contribution < -0.4 is 0 Å². The van der Waals surface area contributed by atoms with Crippen molar-refractivity contribution in [3.63, 3.8) is 0 Å². The number of aromatic amines is 1. The van der Waals surface area contributed by atoms with E-state index in [-0.39, 0.29) is 17.7 Å². The fraction of sp³-hybridized carbons (Fsp3) is 0.391. The van der Waals surface area contributed by atoms with Crippen LogP contribution in [0.1, 0.15) is 41.4 Å². The summed E-state index contributed by atoms with van der Waals surface area (Å²) in [4.78, 5) is 41.9. The number of nitrogens with zero attached hydrogens (tertiary/aromatic N) is 4. The first-order chi connectivity index (χ1) is 15.1. The molecule has 0 saturated carbocycles.